The molecular weight excluding hydrogens is 292 g/mol. The second-order valence-electron chi connectivity index (χ2n) is 5.15. The molecule has 116 valence electrons. The molecule has 0 N–H and O–H groups in total. The van der Waals surface area contributed by atoms with Crippen LogP contribution in [0.5, 0.6) is 0 Å². The van der Waals surface area contributed by atoms with Crippen LogP contribution >= 0.6 is 0 Å². The Bertz CT molecular complexity index is 765. The molecule has 0 aliphatic rings. The zero-order valence-corrected chi connectivity index (χ0v) is 12.9. The Morgan fingerprint density at radius 1 is 1.00 bits per heavy atom. The molecule has 0 spiro atoms. The number of hydrogen-bond acceptors (Lipinski definition) is 3. The Morgan fingerprint density at radius 3 is 2.22 bits per heavy atom. The normalized spacial score (nSPS) is 10.0. The largest absolute Gasteiger partial charge is 0.272 e. The summed E-state index contributed by atoms with van der Waals surface area (Å²) in [4.78, 5) is 29.4. The van der Waals surface area contributed by atoms with E-state index < -0.39 is 5.91 Å². The lowest BCUT2D eigenvalue weighted by Crippen LogP contribution is -2.42. The van der Waals surface area contributed by atoms with E-state index >= 15 is 0 Å². The van der Waals surface area contributed by atoms with Crippen molar-refractivity contribution in [1.82, 2.24) is 4.90 Å². The maximum Gasteiger partial charge on any atom is 0.261 e. The Balaban J connectivity index is 2.45. The standard InChI is InChI=1S/C17H16N4O2/c1-12(2)21(16(22)13-8-4-3-5-9-13)17(23)14-10-6-7-11-15(14)19-20-18/h3-12H,1-2H3. The van der Waals surface area contributed by atoms with Crippen LogP contribution in [-0.2, 0) is 0 Å². The van der Waals surface area contributed by atoms with Crippen molar-refractivity contribution in [2.75, 3.05) is 0 Å². The summed E-state index contributed by atoms with van der Waals surface area (Å²) >= 11 is 0. The fourth-order valence-electron chi connectivity index (χ4n) is 2.20. The summed E-state index contributed by atoms with van der Waals surface area (Å²) in [6, 6.07) is 14.7. The van der Waals surface area contributed by atoms with Crippen molar-refractivity contribution in [2.45, 2.75) is 19.9 Å². The third-order valence-corrected chi connectivity index (χ3v) is 3.26. The number of nitrogens with zero attached hydrogens (tertiary/aromatic N) is 4. The minimum absolute atomic E-state index is 0.197. The second kappa shape index (κ2) is 7.24. The van der Waals surface area contributed by atoms with Crippen LogP contribution in [0, 0.1) is 0 Å². The first-order valence-electron chi connectivity index (χ1n) is 7.13. The van der Waals surface area contributed by atoms with Gasteiger partial charge in [0.15, 0.2) is 0 Å². The van der Waals surface area contributed by atoms with Crippen LogP contribution < -0.4 is 0 Å². The number of amides is 2. The van der Waals surface area contributed by atoms with E-state index in [9.17, 15) is 9.59 Å². The molecule has 0 saturated heterocycles. The molecular formula is C17H16N4O2. The van der Waals surface area contributed by atoms with Crippen LogP contribution in [0.15, 0.2) is 59.7 Å². The number of carbonyl (C=O) groups is 2. The molecule has 0 fully saturated rings. The lowest BCUT2D eigenvalue weighted by Gasteiger charge is -2.25. The molecule has 0 atom stereocenters. The van der Waals surface area contributed by atoms with Crippen molar-refractivity contribution in [3.8, 4) is 0 Å². The van der Waals surface area contributed by atoms with E-state index in [0.29, 0.717) is 5.56 Å². The van der Waals surface area contributed by atoms with Gasteiger partial charge in [0, 0.05) is 22.1 Å². The zero-order valence-electron chi connectivity index (χ0n) is 12.9. The molecule has 0 bridgehead atoms. The minimum atomic E-state index is -0.489. The van der Waals surface area contributed by atoms with E-state index in [1.54, 1.807) is 68.4 Å². The quantitative estimate of drug-likeness (QED) is 0.364. The first-order chi connectivity index (χ1) is 11.1. The van der Waals surface area contributed by atoms with E-state index in [1.165, 1.54) is 4.90 Å². The molecule has 0 saturated carbocycles. The SMILES string of the molecule is CC(C)N(C(=O)c1ccccc1)C(=O)c1ccccc1N=[N+]=[N-]. The first-order valence-corrected chi connectivity index (χ1v) is 7.13. The Hall–Kier alpha value is -3.11. The van der Waals surface area contributed by atoms with Gasteiger partial charge in [-0.1, -0.05) is 41.5 Å². The number of imide groups is 1. The number of azide groups is 1. The molecule has 2 amide bonds. The molecule has 0 aliphatic heterocycles. The molecule has 23 heavy (non-hydrogen) atoms. The molecule has 2 aromatic carbocycles. The predicted octanol–water partition coefficient (Wildman–Crippen LogP) is 4.32. The van der Waals surface area contributed by atoms with Crippen molar-refractivity contribution in [3.05, 3.63) is 76.2 Å². The van der Waals surface area contributed by atoms with Gasteiger partial charge in [-0.25, -0.2) is 0 Å². The summed E-state index contributed by atoms with van der Waals surface area (Å²) in [6.07, 6.45) is 0. The molecule has 2 rings (SSSR count). The van der Waals surface area contributed by atoms with E-state index in [1.807, 2.05) is 0 Å². The maximum absolute atomic E-state index is 12.8. The molecule has 6 nitrogen and oxygen atoms in total. The van der Waals surface area contributed by atoms with Gasteiger partial charge < -0.3 is 0 Å². The molecule has 6 heteroatoms. The Labute approximate surface area is 134 Å². The first kappa shape index (κ1) is 16.3. The summed E-state index contributed by atoms with van der Waals surface area (Å²) in [5.41, 5.74) is 9.45. The zero-order chi connectivity index (χ0) is 16.8. The molecule has 0 aliphatic carbocycles. The smallest absolute Gasteiger partial charge is 0.261 e. The maximum atomic E-state index is 12.8. The van der Waals surface area contributed by atoms with Crippen LogP contribution in [0.3, 0.4) is 0 Å². The Kier molecular flexibility index (Phi) is 5.12. The fraction of sp³-hybridized carbons (Fsp3) is 0.176. The topological polar surface area (TPSA) is 86.1 Å². The van der Waals surface area contributed by atoms with Gasteiger partial charge in [-0.2, -0.15) is 0 Å². The van der Waals surface area contributed by atoms with Crippen LogP contribution in [0.4, 0.5) is 5.69 Å². The van der Waals surface area contributed by atoms with Crippen molar-refractivity contribution < 1.29 is 9.59 Å². The van der Waals surface area contributed by atoms with Crippen LogP contribution in [0.2, 0.25) is 0 Å². The molecule has 0 unspecified atom stereocenters. The van der Waals surface area contributed by atoms with Gasteiger partial charge in [0.05, 0.1) is 5.69 Å². The van der Waals surface area contributed by atoms with Gasteiger partial charge in [-0.15, -0.1) is 0 Å². The summed E-state index contributed by atoms with van der Waals surface area (Å²) in [5.74, 6) is -0.877. The third-order valence-electron chi connectivity index (χ3n) is 3.26. The van der Waals surface area contributed by atoms with Crippen molar-refractivity contribution in [1.29, 1.82) is 0 Å². The minimum Gasteiger partial charge on any atom is -0.272 e. The van der Waals surface area contributed by atoms with Crippen molar-refractivity contribution in [3.63, 3.8) is 0 Å². The summed E-state index contributed by atoms with van der Waals surface area (Å²) in [6.45, 7) is 3.52. The number of rotatable bonds is 4. The van der Waals surface area contributed by atoms with Crippen LogP contribution in [0.1, 0.15) is 34.6 Å². The van der Waals surface area contributed by atoms with E-state index in [0.717, 1.165) is 0 Å². The molecule has 2 aromatic rings. The van der Waals surface area contributed by atoms with Gasteiger partial charge in [-0.05, 0) is 37.6 Å². The highest BCUT2D eigenvalue weighted by Crippen LogP contribution is 2.22. The van der Waals surface area contributed by atoms with Gasteiger partial charge in [0.1, 0.15) is 0 Å². The second-order valence-corrected chi connectivity index (χ2v) is 5.15. The fourth-order valence-corrected chi connectivity index (χ4v) is 2.20. The average molecular weight is 308 g/mol. The van der Waals surface area contributed by atoms with E-state index in [2.05, 4.69) is 10.0 Å². The highest BCUT2D eigenvalue weighted by atomic mass is 16.2. The third kappa shape index (κ3) is 3.56. The van der Waals surface area contributed by atoms with Gasteiger partial charge >= 0.3 is 0 Å². The monoisotopic (exact) mass is 308 g/mol. The van der Waals surface area contributed by atoms with Crippen LogP contribution in [0.25, 0.3) is 10.4 Å². The Morgan fingerprint density at radius 2 is 1.61 bits per heavy atom. The number of hydrogen-bond donors (Lipinski definition) is 0. The predicted molar refractivity (Wildman–Crippen MR) is 87.3 cm³/mol. The number of carbonyl (C=O) groups excluding carboxylic acids is 2. The summed E-state index contributed by atoms with van der Waals surface area (Å²) in [5, 5.41) is 3.52. The molecule has 0 radical (unpaired) electrons. The average Bonchev–Trinajstić information content (AvgIpc) is 2.56. The van der Waals surface area contributed by atoms with E-state index in [-0.39, 0.29) is 23.2 Å². The van der Waals surface area contributed by atoms with Crippen molar-refractivity contribution in [2.24, 2.45) is 5.11 Å². The molecule has 0 heterocycles. The highest BCUT2D eigenvalue weighted by molar-refractivity contribution is 6.12. The number of benzene rings is 2. The summed E-state index contributed by atoms with van der Waals surface area (Å²) < 4.78 is 0. The van der Waals surface area contributed by atoms with E-state index in [4.69, 9.17) is 5.53 Å². The lowest BCUT2D eigenvalue weighted by molar-refractivity contribution is 0.0570. The van der Waals surface area contributed by atoms with Gasteiger partial charge in [0.25, 0.3) is 11.8 Å². The van der Waals surface area contributed by atoms with Crippen LogP contribution in [-0.4, -0.2) is 22.8 Å². The lowest BCUT2D eigenvalue weighted by atomic mass is 10.1. The van der Waals surface area contributed by atoms with Crippen molar-refractivity contribution >= 4 is 17.5 Å². The summed E-state index contributed by atoms with van der Waals surface area (Å²) in [7, 11) is 0. The molecule has 0 aromatic heterocycles. The van der Waals surface area contributed by atoms with Gasteiger partial charge in [0.2, 0.25) is 0 Å². The highest BCUT2D eigenvalue weighted by Gasteiger charge is 2.27. The van der Waals surface area contributed by atoms with Gasteiger partial charge in [-0.3, -0.25) is 14.5 Å².